The van der Waals surface area contributed by atoms with Gasteiger partial charge in [-0.2, -0.15) is 0 Å². The molecule has 0 saturated carbocycles. The lowest BCUT2D eigenvalue weighted by Gasteiger charge is -2.26. The van der Waals surface area contributed by atoms with E-state index < -0.39 is 142 Å². The van der Waals surface area contributed by atoms with Crippen LogP contribution in [-0.4, -0.2) is 318 Å². The van der Waals surface area contributed by atoms with Crippen LogP contribution < -0.4 is 31.9 Å². The highest BCUT2D eigenvalue weighted by Crippen LogP contribution is 2.37. The molecule has 13 unspecified atom stereocenters. The van der Waals surface area contributed by atoms with Crippen molar-refractivity contribution in [1.82, 2.24) is 31.9 Å². The lowest BCUT2D eigenvalue weighted by atomic mass is 10.1. The summed E-state index contributed by atoms with van der Waals surface area (Å²) in [6, 6.07) is 0. The topological polar surface area (TPSA) is 673 Å². The fourth-order valence-electron chi connectivity index (χ4n) is 8.21. The largest absolute Gasteiger partial charge is 0.469 e. The Balaban J connectivity index is 4.80. The van der Waals surface area contributed by atoms with Gasteiger partial charge in [0.2, 0.25) is 35.4 Å². The van der Waals surface area contributed by atoms with Crippen molar-refractivity contribution < 1.29 is 175 Å². The minimum Gasteiger partial charge on any atom is -0.390 e. The van der Waals surface area contributed by atoms with Gasteiger partial charge in [-0.15, -0.1) is 0 Å². The van der Waals surface area contributed by atoms with Crippen LogP contribution in [0.15, 0.2) is 0 Å². The molecule has 0 aromatic heterocycles. The molecule has 0 spiro atoms. The van der Waals surface area contributed by atoms with Crippen LogP contribution in [0.2, 0.25) is 0 Å². The molecule has 590 valence electrons. The first-order valence-corrected chi connectivity index (χ1v) is 37.1. The van der Waals surface area contributed by atoms with Crippen LogP contribution in [0.3, 0.4) is 0 Å². The van der Waals surface area contributed by atoms with Crippen LogP contribution in [0.5, 0.6) is 0 Å². The number of amides is 6. The summed E-state index contributed by atoms with van der Waals surface area (Å²) in [6.45, 7) is -0.837. The number of rotatable bonds is 66. The van der Waals surface area contributed by atoms with E-state index in [4.69, 9.17) is 57.8 Å². The monoisotopic (exact) mass is 1520 g/mol. The third-order valence-corrected chi connectivity index (χ3v) is 15.5. The number of unbranched alkanes of at least 4 members (excludes halogenated alkanes) is 3. The molecular weight excluding hydrogens is 1410 g/mol. The Labute approximate surface area is 578 Å². The van der Waals surface area contributed by atoms with Gasteiger partial charge in [-0.3, -0.25) is 42.3 Å². The highest BCUT2D eigenvalue weighted by atomic mass is 31.2. The van der Waals surface area contributed by atoms with Gasteiger partial charge < -0.3 is 151 Å². The highest BCUT2D eigenvalue weighted by molar-refractivity contribution is 7.46. The number of carbonyl (C=O) groups excluding carboxylic acids is 6. The van der Waals surface area contributed by atoms with E-state index in [1.54, 1.807) is 0 Å². The normalized spacial score (nSPS) is 16.1. The summed E-state index contributed by atoms with van der Waals surface area (Å²) in [6.07, 6.45) is -21.3. The Hall–Kier alpha value is -3.57. The second-order valence-corrected chi connectivity index (χ2v) is 26.2. The molecule has 13 atom stereocenters. The van der Waals surface area contributed by atoms with E-state index in [-0.39, 0.29) is 192 Å². The molecule has 0 radical (unpaired) electrons. The maximum absolute atomic E-state index is 12.6. The fourth-order valence-corrected chi connectivity index (χ4v) is 9.24. The van der Waals surface area contributed by atoms with Gasteiger partial charge in [0.05, 0.1) is 70.7 Å². The Morgan fingerprint density at radius 1 is 0.280 bits per heavy atom. The van der Waals surface area contributed by atoms with Crippen molar-refractivity contribution in [3.05, 3.63) is 0 Å². The molecule has 0 aliphatic carbocycles. The lowest BCUT2D eigenvalue weighted by molar-refractivity contribution is -0.203. The maximum atomic E-state index is 12.6. The molecule has 0 fully saturated rings. The average molecular weight is 1520 g/mol. The van der Waals surface area contributed by atoms with Gasteiger partial charge >= 0.3 is 23.5 Å². The van der Waals surface area contributed by atoms with Crippen LogP contribution in [0, 0.1) is 0 Å². The molecule has 45 heteroatoms. The van der Waals surface area contributed by atoms with Crippen molar-refractivity contribution in [2.45, 2.75) is 202 Å². The molecule has 0 aromatic rings. The number of aliphatic hydroxyl groups excluding tert-OH is 12. The van der Waals surface area contributed by atoms with Crippen molar-refractivity contribution in [2.24, 2.45) is 0 Å². The Bertz CT molecular complexity index is 2350. The van der Waals surface area contributed by atoms with Crippen molar-refractivity contribution in [3.63, 3.8) is 0 Å². The van der Waals surface area contributed by atoms with Gasteiger partial charge in [-0.25, -0.2) is 13.7 Å². The van der Waals surface area contributed by atoms with Gasteiger partial charge in [0.1, 0.15) is 36.6 Å². The lowest BCUT2D eigenvalue weighted by Crippen LogP contribution is -2.45. The van der Waals surface area contributed by atoms with E-state index in [0.717, 1.165) is 0 Å². The predicted octanol–water partition coefficient (Wildman–Crippen LogP) is -6.91. The summed E-state index contributed by atoms with van der Waals surface area (Å²) in [5.41, 5.74) is 0. The third kappa shape index (κ3) is 55.0. The van der Waals surface area contributed by atoms with E-state index in [1.807, 2.05) is 0 Å². The predicted molar refractivity (Wildman–Crippen MR) is 341 cm³/mol. The van der Waals surface area contributed by atoms with Crippen LogP contribution in [0.25, 0.3) is 0 Å². The van der Waals surface area contributed by atoms with Crippen LogP contribution in [0.4, 0.5) is 0 Å². The van der Waals surface area contributed by atoms with Gasteiger partial charge in [-0.05, 0) is 83.5 Å². The molecule has 0 aliphatic heterocycles. The molecule has 0 rings (SSSR count). The van der Waals surface area contributed by atoms with Gasteiger partial charge in [0.15, 0.2) is 18.9 Å². The smallest absolute Gasteiger partial charge is 0.390 e. The molecule has 0 aromatic carbocycles. The van der Waals surface area contributed by atoms with Gasteiger partial charge in [0.25, 0.3) is 0 Å². The summed E-state index contributed by atoms with van der Waals surface area (Å²) < 4.78 is 77.2. The van der Waals surface area contributed by atoms with Gasteiger partial charge in [-0.1, -0.05) is 0 Å². The summed E-state index contributed by atoms with van der Waals surface area (Å²) >= 11 is 0. The molecule has 0 saturated heterocycles. The first-order chi connectivity index (χ1) is 47.0. The second kappa shape index (κ2) is 56.8. The van der Waals surface area contributed by atoms with Gasteiger partial charge in [0, 0.05) is 104 Å². The Kier molecular flexibility index (Phi) is 54.7. The number of hydrogen-bond acceptors (Lipinski definition) is 30. The van der Waals surface area contributed by atoms with Crippen LogP contribution in [-0.2, 0) is 84.5 Å². The minimum atomic E-state index is -4.82. The van der Waals surface area contributed by atoms with E-state index in [9.17, 15) is 104 Å². The summed E-state index contributed by atoms with van der Waals surface area (Å²) in [7, 11) is -14.4. The zero-order chi connectivity index (χ0) is 75.5. The minimum absolute atomic E-state index is 0.000269. The number of phosphoric ester groups is 3. The summed E-state index contributed by atoms with van der Waals surface area (Å²) in [5, 5.41) is 136. The zero-order valence-electron chi connectivity index (χ0n) is 55.7. The number of aliphatic hydroxyl groups is 12. The number of ether oxygens (including phenoxy) is 6. The van der Waals surface area contributed by atoms with Crippen molar-refractivity contribution in [2.75, 3.05) is 112 Å². The quantitative estimate of drug-likeness (QED) is 0.0153. The van der Waals surface area contributed by atoms with Crippen molar-refractivity contribution in [1.29, 1.82) is 0 Å². The first kappa shape index (κ1) is 96.4. The Morgan fingerprint density at radius 3 is 0.840 bits per heavy atom. The molecule has 0 aliphatic rings. The van der Waals surface area contributed by atoms with E-state index >= 15 is 0 Å². The van der Waals surface area contributed by atoms with Crippen molar-refractivity contribution >= 4 is 58.9 Å². The first-order valence-electron chi connectivity index (χ1n) is 32.5. The fraction of sp³-hybridized carbons (Fsp3) is 0.891. The number of hydrogen-bond donors (Lipinski definition) is 24. The zero-order valence-corrected chi connectivity index (χ0v) is 58.4. The second-order valence-electron chi connectivity index (χ2n) is 22.5. The van der Waals surface area contributed by atoms with E-state index in [1.165, 1.54) is 0 Å². The standard InChI is InChI=1S/C55H109N6O36P3/c62-38(14-33-95-98(80,81)82)47(71)50(74)53(77)92-26-4-1-10-41(65)56-20-7-23-59-44(68)17-30-89-29-13-37(91-32-19-46(70)61-25-9-22-58-43(67)12-3-6-28-94-55(79)52(76)49(73)40(64)16-35-97-100(86,87)88)36-90-31-18-45(69)60-24-8-21-57-42(66)11-2-5-27-93-54(78)51(75)48(72)39(63)15-34-96-99(83,84)85/h37-40,47-55,62-64,71-79H,1-36H2,(H,56,65)(H,57,66)(H,58,67)(H,59,68)(H,60,69)(H,61,70)(H2,80,81,82)(H2,83,84,85)(H2,86,87,88). The molecule has 0 heterocycles. The number of carbonyl (C=O) groups is 6. The van der Waals surface area contributed by atoms with Crippen LogP contribution >= 0.6 is 23.5 Å². The summed E-state index contributed by atoms with van der Waals surface area (Å²) in [4.78, 5) is 127. The molecule has 0 bridgehead atoms. The number of phosphoric acid groups is 3. The summed E-state index contributed by atoms with van der Waals surface area (Å²) in [5.74, 6) is -1.93. The maximum Gasteiger partial charge on any atom is 0.469 e. The molecule has 6 amide bonds. The molecular formula is C55H109N6O36P3. The number of nitrogens with one attached hydrogen (secondary N) is 6. The Morgan fingerprint density at radius 2 is 0.550 bits per heavy atom. The third-order valence-electron chi connectivity index (χ3n) is 13.9. The molecule has 24 N–H and O–H groups in total. The van der Waals surface area contributed by atoms with Crippen LogP contribution in [0.1, 0.15) is 122 Å². The highest BCUT2D eigenvalue weighted by Gasteiger charge is 2.34. The SMILES string of the molecule is O=C(CCCCOC(O)C(O)C(O)C(O)CCOP(=O)(O)O)NCCCNC(=O)CCOCCC(COCCC(=O)NCCCNC(=O)CCCCOC(O)C(O)C(O)C(O)CCOP(=O)(O)O)OCCC(=O)NCCCNC(=O)CCCCOC(O)C(O)C(O)C(O)CCOP(=O)(O)O. The average Bonchev–Trinajstić information content (AvgIpc) is 0.950. The van der Waals surface area contributed by atoms with E-state index in [2.05, 4.69) is 45.5 Å². The van der Waals surface area contributed by atoms with Crippen molar-refractivity contribution in [3.8, 4) is 0 Å². The molecule has 42 nitrogen and oxygen atoms in total. The van der Waals surface area contributed by atoms with E-state index in [0.29, 0.717) is 38.5 Å². The molecule has 100 heavy (non-hydrogen) atoms.